The number of fused-ring (bicyclic) bond motifs is 1. The van der Waals surface area contributed by atoms with Crippen LogP contribution in [-0.2, 0) is 0 Å². The number of nitrogens with one attached hydrogen (secondary N) is 1. The molecule has 2 aromatic heterocycles. The molecule has 6 heteroatoms. The van der Waals surface area contributed by atoms with Gasteiger partial charge < -0.3 is 15.6 Å². The Hall–Kier alpha value is -1.95. The third-order valence-electron chi connectivity index (χ3n) is 2.69. The largest absolute Gasteiger partial charge is 0.352 e. The van der Waals surface area contributed by atoms with Gasteiger partial charge in [-0.2, -0.15) is 0 Å². The van der Waals surface area contributed by atoms with E-state index in [9.17, 15) is 4.79 Å². The second-order valence-corrected chi connectivity index (χ2v) is 4.10. The molecule has 0 aromatic carbocycles. The first-order valence-corrected chi connectivity index (χ1v) is 5.92. The minimum absolute atomic E-state index is 0.137. The second-order valence-electron chi connectivity index (χ2n) is 4.10. The average Bonchev–Trinajstić information content (AvgIpc) is 2.76. The number of carbonyl (C=O) groups excluding carboxylic acids is 1. The van der Waals surface area contributed by atoms with Crippen LogP contribution in [-0.4, -0.2) is 29.1 Å². The van der Waals surface area contributed by atoms with Crippen LogP contribution in [0, 0.1) is 6.92 Å². The average molecular weight is 248 g/mol. The lowest BCUT2D eigenvalue weighted by molar-refractivity contribution is 0.0953. The van der Waals surface area contributed by atoms with Gasteiger partial charge in [0, 0.05) is 12.7 Å². The van der Waals surface area contributed by atoms with Gasteiger partial charge in [-0.25, -0.2) is 4.98 Å². The number of hydrogen-bond acceptors (Lipinski definition) is 5. The van der Waals surface area contributed by atoms with Crippen LogP contribution < -0.4 is 11.1 Å². The highest BCUT2D eigenvalue weighted by Crippen LogP contribution is 2.16. The van der Waals surface area contributed by atoms with Gasteiger partial charge in [-0.05, 0) is 32.4 Å². The molecule has 0 fully saturated rings. The van der Waals surface area contributed by atoms with Crippen LogP contribution >= 0.6 is 0 Å². The first-order valence-electron chi connectivity index (χ1n) is 5.92. The lowest BCUT2D eigenvalue weighted by atomic mass is 10.2. The third kappa shape index (κ3) is 2.65. The SMILES string of the molecule is Cc1noc2ncc(C(=O)NCCCCN)cc12. The molecule has 0 bridgehead atoms. The molecular formula is C12H16N4O2. The predicted octanol–water partition coefficient (Wildman–Crippen LogP) is 1.000. The molecule has 1 amide bonds. The van der Waals surface area contributed by atoms with E-state index >= 15 is 0 Å². The van der Waals surface area contributed by atoms with E-state index in [1.807, 2.05) is 6.92 Å². The van der Waals surface area contributed by atoms with Crippen molar-refractivity contribution in [3.63, 3.8) is 0 Å². The van der Waals surface area contributed by atoms with Crippen LogP contribution in [0.25, 0.3) is 11.1 Å². The Morgan fingerprint density at radius 3 is 3.11 bits per heavy atom. The predicted molar refractivity (Wildman–Crippen MR) is 67.2 cm³/mol. The zero-order valence-corrected chi connectivity index (χ0v) is 10.3. The van der Waals surface area contributed by atoms with Gasteiger partial charge in [0.2, 0.25) is 0 Å². The highest BCUT2D eigenvalue weighted by Gasteiger charge is 2.10. The Balaban J connectivity index is 2.05. The molecule has 2 rings (SSSR count). The Labute approximate surface area is 105 Å². The molecule has 0 spiro atoms. The summed E-state index contributed by atoms with van der Waals surface area (Å²) >= 11 is 0. The molecule has 0 atom stereocenters. The third-order valence-corrected chi connectivity index (χ3v) is 2.69. The highest BCUT2D eigenvalue weighted by atomic mass is 16.5. The number of hydrogen-bond donors (Lipinski definition) is 2. The quantitative estimate of drug-likeness (QED) is 0.770. The van der Waals surface area contributed by atoms with E-state index in [1.54, 1.807) is 6.07 Å². The summed E-state index contributed by atoms with van der Waals surface area (Å²) in [5.74, 6) is -0.137. The molecule has 0 saturated heterocycles. The number of amides is 1. The van der Waals surface area contributed by atoms with E-state index in [1.165, 1.54) is 6.20 Å². The van der Waals surface area contributed by atoms with E-state index in [-0.39, 0.29) is 5.91 Å². The van der Waals surface area contributed by atoms with Crippen LogP contribution in [0.3, 0.4) is 0 Å². The zero-order valence-electron chi connectivity index (χ0n) is 10.3. The lowest BCUT2D eigenvalue weighted by Gasteiger charge is -2.04. The van der Waals surface area contributed by atoms with Crippen molar-refractivity contribution in [2.45, 2.75) is 19.8 Å². The summed E-state index contributed by atoms with van der Waals surface area (Å²) in [6.07, 6.45) is 3.28. The second kappa shape index (κ2) is 5.59. The van der Waals surface area contributed by atoms with Crippen LogP contribution in [0.15, 0.2) is 16.8 Å². The van der Waals surface area contributed by atoms with E-state index < -0.39 is 0 Å². The summed E-state index contributed by atoms with van der Waals surface area (Å²) in [6.45, 7) is 3.08. The summed E-state index contributed by atoms with van der Waals surface area (Å²) in [5.41, 5.74) is 7.08. The molecule has 0 aliphatic heterocycles. The van der Waals surface area contributed by atoms with Gasteiger partial charge in [0.15, 0.2) is 0 Å². The van der Waals surface area contributed by atoms with Gasteiger partial charge >= 0.3 is 0 Å². The topological polar surface area (TPSA) is 94.0 Å². The molecule has 3 N–H and O–H groups in total. The van der Waals surface area contributed by atoms with Crippen LogP contribution in [0.1, 0.15) is 28.9 Å². The van der Waals surface area contributed by atoms with Crippen molar-refractivity contribution in [2.24, 2.45) is 5.73 Å². The zero-order chi connectivity index (χ0) is 13.0. The van der Waals surface area contributed by atoms with Crippen molar-refractivity contribution in [1.29, 1.82) is 0 Å². The van der Waals surface area contributed by atoms with Crippen LogP contribution in [0.5, 0.6) is 0 Å². The molecule has 96 valence electrons. The maximum atomic E-state index is 11.9. The molecular weight excluding hydrogens is 232 g/mol. The smallest absolute Gasteiger partial charge is 0.257 e. The van der Waals surface area contributed by atoms with Gasteiger partial charge in [-0.15, -0.1) is 0 Å². The van der Waals surface area contributed by atoms with Gasteiger partial charge in [0.1, 0.15) is 0 Å². The molecule has 2 heterocycles. The fourth-order valence-electron chi connectivity index (χ4n) is 1.64. The number of carbonyl (C=O) groups is 1. The molecule has 0 radical (unpaired) electrons. The summed E-state index contributed by atoms with van der Waals surface area (Å²) in [5, 5.41) is 7.39. The number of nitrogens with zero attached hydrogens (tertiary/aromatic N) is 2. The molecule has 0 aliphatic rings. The summed E-state index contributed by atoms with van der Waals surface area (Å²) in [4.78, 5) is 15.9. The van der Waals surface area contributed by atoms with Gasteiger partial charge in [-0.3, -0.25) is 4.79 Å². The summed E-state index contributed by atoms with van der Waals surface area (Å²) in [6, 6.07) is 1.74. The molecule has 0 saturated carbocycles. The molecule has 2 aromatic rings. The van der Waals surface area contributed by atoms with Gasteiger partial charge in [0.25, 0.3) is 11.6 Å². The number of unbranched alkanes of at least 4 members (excludes halogenated alkanes) is 1. The number of nitrogens with two attached hydrogens (primary N) is 1. The Morgan fingerprint density at radius 2 is 2.33 bits per heavy atom. The van der Waals surface area contributed by atoms with Gasteiger partial charge in [-0.1, -0.05) is 5.16 Å². The van der Waals surface area contributed by atoms with E-state index in [2.05, 4.69) is 15.5 Å². The maximum absolute atomic E-state index is 11.9. The molecule has 0 aliphatic carbocycles. The minimum atomic E-state index is -0.137. The summed E-state index contributed by atoms with van der Waals surface area (Å²) < 4.78 is 4.99. The molecule has 0 unspecified atom stereocenters. The minimum Gasteiger partial charge on any atom is -0.352 e. The monoisotopic (exact) mass is 248 g/mol. The van der Waals surface area contributed by atoms with Crippen LogP contribution in [0.2, 0.25) is 0 Å². The maximum Gasteiger partial charge on any atom is 0.257 e. The highest BCUT2D eigenvalue weighted by molar-refractivity contribution is 5.96. The molecule has 18 heavy (non-hydrogen) atoms. The van der Waals surface area contributed by atoms with Crippen molar-refractivity contribution in [3.05, 3.63) is 23.5 Å². The normalized spacial score (nSPS) is 10.8. The van der Waals surface area contributed by atoms with Crippen molar-refractivity contribution in [3.8, 4) is 0 Å². The number of aromatic nitrogens is 2. The molecule has 6 nitrogen and oxygen atoms in total. The fourth-order valence-corrected chi connectivity index (χ4v) is 1.64. The standard InChI is InChI=1S/C12H16N4O2/c1-8-10-6-9(7-15-12(10)18-16-8)11(17)14-5-3-2-4-13/h6-7H,2-5,13H2,1H3,(H,14,17). The Bertz CT molecular complexity index is 550. The van der Waals surface area contributed by atoms with Crippen molar-refractivity contribution in [2.75, 3.05) is 13.1 Å². The number of aryl methyl sites for hydroxylation is 1. The first kappa shape index (κ1) is 12.5. The van der Waals surface area contributed by atoms with Crippen molar-refractivity contribution >= 4 is 17.0 Å². The van der Waals surface area contributed by atoms with Crippen LogP contribution in [0.4, 0.5) is 0 Å². The lowest BCUT2D eigenvalue weighted by Crippen LogP contribution is -2.24. The van der Waals surface area contributed by atoms with Crippen molar-refractivity contribution < 1.29 is 9.32 Å². The summed E-state index contributed by atoms with van der Waals surface area (Å²) in [7, 11) is 0. The van der Waals surface area contributed by atoms with E-state index in [4.69, 9.17) is 10.3 Å². The fraction of sp³-hybridized carbons (Fsp3) is 0.417. The Kier molecular flexibility index (Phi) is 3.88. The van der Waals surface area contributed by atoms with Crippen molar-refractivity contribution in [1.82, 2.24) is 15.5 Å². The first-order chi connectivity index (χ1) is 8.72. The van der Waals surface area contributed by atoms with Gasteiger partial charge in [0.05, 0.1) is 16.6 Å². The van der Waals surface area contributed by atoms with E-state index in [0.29, 0.717) is 24.4 Å². The Morgan fingerprint density at radius 1 is 1.50 bits per heavy atom. The number of rotatable bonds is 5. The number of pyridine rings is 1. The van der Waals surface area contributed by atoms with E-state index in [0.717, 1.165) is 23.9 Å².